The van der Waals surface area contributed by atoms with Gasteiger partial charge in [-0.1, -0.05) is 90.9 Å². The molecule has 0 aromatic heterocycles. The van der Waals surface area contributed by atoms with Crippen LogP contribution in [-0.4, -0.2) is 71.6 Å². The standard InChI is InChI=1S/C26H54N2O4/c1-24(2)16-13-11-9-7-5-3-4-6-8-10-12-14-17-26(32)27-18-15-19-28(20-21-29)22-25(31)23-30/h24-25,29-31H,3-23H2,1-2H3,(H,27,32). The topological polar surface area (TPSA) is 93.0 Å². The van der Waals surface area contributed by atoms with E-state index in [0.717, 1.165) is 25.2 Å². The third-order valence-electron chi connectivity index (χ3n) is 6.00. The average molecular weight is 459 g/mol. The first-order valence-corrected chi connectivity index (χ1v) is 13.4. The minimum absolute atomic E-state index is 0.0169. The molecular weight excluding hydrogens is 404 g/mol. The second kappa shape index (κ2) is 23.5. The highest BCUT2D eigenvalue weighted by Gasteiger charge is 2.10. The normalized spacial score (nSPS) is 12.6. The minimum Gasteiger partial charge on any atom is -0.395 e. The van der Waals surface area contributed by atoms with Crippen molar-refractivity contribution in [2.75, 3.05) is 39.4 Å². The molecule has 0 radical (unpaired) electrons. The molecule has 0 heterocycles. The Balaban J connectivity index is 3.40. The van der Waals surface area contributed by atoms with E-state index >= 15 is 0 Å². The van der Waals surface area contributed by atoms with Gasteiger partial charge in [0.2, 0.25) is 5.91 Å². The van der Waals surface area contributed by atoms with Crippen molar-refractivity contribution in [3.05, 3.63) is 0 Å². The van der Waals surface area contributed by atoms with Crippen LogP contribution in [0.2, 0.25) is 0 Å². The van der Waals surface area contributed by atoms with Crippen molar-refractivity contribution in [3.8, 4) is 0 Å². The van der Waals surface area contributed by atoms with Gasteiger partial charge in [-0.2, -0.15) is 0 Å². The summed E-state index contributed by atoms with van der Waals surface area (Å²) in [5.41, 5.74) is 0. The lowest BCUT2D eigenvalue weighted by atomic mass is 10.0. The van der Waals surface area contributed by atoms with Crippen LogP contribution in [0.3, 0.4) is 0 Å². The maximum Gasteiger partial charge on any atom is 0.219 e. The summed E-state index contributed by atoms with van der Waals surface area (Å²) in [6.07, 6.45) is 17.6. The van der Waals surface area contributed by atoms with E-state index in [4.69, 9.17) is 10.2 Å². The molecule has 0 fully saturated rings. The molecule has 4 N–H and O–H groups in total. The zero-order valence-corrected chi connectivity index (χ0v) is 21.2. The number of hydrogen-bond acceptors (Lipinski definition) is 5. The number of unbranched alkanes of at least 4 members (excludes halogenated alkanes) is 11. The van der Waals surface area contributed by atoms with Gasteiger partial charge in [-0.15, -0.1) is 0 Å². The zero-order chi connectivity index (χ0) is 23.9. The van der Waals surface area contributed by atoms with Gasteiger partial charge in [-0.25, -0.2) is 0 Å². The molecule has 0 aromatic rings. The Hall–Kier alpha value is -0.690. The first kappa shape index (κ1) is 31.3. The van der Waals surface area contributed by atoms with Crippen LogP contribution < -0.4 is 5.32 Å². The predicted molar refractivity (Wildman–Crippen MR) is 134 cm³/mol. The number of aliphatic hydroxyl groups is 3. The Labute approximate surface area is 198 Å². The maximum atomic E-state index is 11.9. The molecule has 0 rings (SSSR count). The highest BCUT2D eigenvalue weighted by molar-refractivity contribution is 5.75. The van der Waals surface area contributed by atoms with Gasteiger partial charge in [0.25, 0.3) is 0 Å². The van der Waals surface area contributed by atoms with Crippen LogP contribution in [0, 0.1) is 5.92 Å². The van der Waals surface area contributed by atoms with Crippen molar-refractivity contribution in [2.24, 2.45) is 5.92 Å². The van der Waals surface area contributed by atoms with Crippen LogP contribution in [-0.2, 0) is 4.79 Å². The van der Waals surface area contributed by atoms with Crippen LogP contribution in [0.25, 0.3) is 0 Å². The molecule has 0 aliphatic carbocycles. The Morgan fingerprint density at radius 1 is 0.781 bits per heavy atom. The molecule has 32 heavy (non-hydrogen) atoms. The molecule has 0 saturated heterocycles. The Morgan fingerprint density at radius 3 is 1.81 bits per heavy atom. The van der Waals surface area contributed by atoms with Crippen LogP contribution in [0.15, 0.2) is 0 Å². The lowest BCUT2D eigenvalue weighted by Crippen LogP contribution is -2.38. The van der Waals surface area contributed by atoms with Crippen LogP contribution in [0.4, 0.5) is 0 Å². The van der Waals surface area contributed by atoms with Gasteiger partial charge in [0.1, 0.15) is 0 Å². The Morgan fingerprint density at radius 2 is 1.31 bits per heavy atom. The highest BCUT2D eigenvalue weighted by Crippen LogP contribution is 2.14. The third-order valence-corrected chi connectivity index (χ3v) is 6.00. The molecule has 0 spiro atoms. The van der Waals surface area contributed by atoms with Crippen molar-refractivity contribution >= 4 is 5.91 Å². The maximum absolute atomic E-state index is 11.9. The second-order valence-electron chi connectivity index (χ2n) is 9.74. The van der Waals surface area contributed by atoms with E-state index < -0.39 is 6.10 Å². The molecule has 1 amide bonds. The number of nitrogens with one attached hydrogen (secondary N) is 1. The molecule has 0 aliphatic rings. The summed E-state index contributed by atoms with van der Waals surface area (Å²) in [5, 5.41) is 30.5. The SMILES string of the molecule is CC(C)CCCCCCCCCCCCCCC(=O)NCCCN(CCO)CC(O)CO. The monoisotopic (exact) mass is 458 g/mol. The van der Waals surface area contributed by atoms with Crippen LogP contribution in [0.1, 0.15) is 110 Å². The molecule has 1 atom stereocenters. The first-order chi connectivity index (χ1) is 15.5. The molecule has 0 aromatic carbocycles. The van der Waals surface area contributed by atoms with Gasteiger partial charge >= 0.3 is 0 Å². The molecule has 6 nitrogen and oxygen atoms in total. The second-order valence-corrected chi connectivity index (χ2v) is 9.74. The lowest BCUT2D eigenvalue weighted by molar-refractivity contribution is -0.121. The van der Waals surface area contributed by atoms with E-state index in [0.29, 0.717) is 32.6 Å². The molecular formula is C26H54N2O4. The zero-order valence-electron chi connectivity index (χ0n) is 21.2. The van der Waals surface area contributed by atoms with Crippen molar-refractivity contribution in [1.29, 1.82) is 0 Å². The van der Waals surface area contributed by atoms with E-state index in [2.05, 4.69) is 19.2 Å². The number of aliphatic hydroxyl groups excluding tert-OH is 3. The first-order valence-electron chi connectivity index (χ1n) is 13.4. The minimum atomic E-state index is -0.791. The smallest absolute Gasteiger partial charge is 0.219 e. The van der Waals surface area contributed by atoms with E-state index in [9.17, 15) is 9.90 Å². The van der Waals surface area contributed by atoms with Gasteiger partial charge in [0.05, 0.1) is 19.3 Å². The van der Waals surface area contributed by atoms with Gasteiger partial charge in [0.15, 0.2) is 0 Å². The summed E-state index contributed by atoms with van der Waals surface area (Å²) in [4.78, 5) is 13.8. The number of carbonyl (C=O) groups excluding carboxylic acids is 1. The van der Waals surface area contributed by atoms with Gasteiger partial charge in [-0.3, -0.25) is 9.69 Å². The van der Waals surface area contributed by atoms with E-state index in [1.54, 1.807) is 0 Å². The number of nitrogens with zero attached hydrogens (tertiary/aromatic N) is 1. The van der Waals surface area contributed by atoms with E-state index in [1.807, 2.05) is 4.90 Å². The molecule has 0 aliphatic heterocycles. The number of hydrogen-bond donors (Lipinski definition) is 4. The summed E-state index contributed by atoms with van der Waals surface area (Å²) in [7, 11) is 0. The third kappa shape index (κ3) is 22.5. The molecule has 0 saturated carbocycles. The lowest BCUT2D eigenvalue weighted by Gasteiger charge is -2.23. The molecule has 0 bridgehead atoms. The Bertz CT molecular complexity index is 407. The fraction of sp³-hybridized carbons (Fsp3) is 0.962. The highest BCUT2D eigenvalue weighted by atomic mass is 16.3. The van der Waals surface area contributed by atoms with Crippen molar-refractivity contribution in [2.45, 2.75) is 116 Å². The van der Waals surface area contributed by atoms with Gasteiger partial charge in [-0.05, 0) is 18.8 Å². The Kier molecular flexibility index (Phi) is 23.0. The van der Waals surface area contributed by atoms with Crippen molar-refractivity contribution in [3.63, 3.8) is 0 Å². The summed E-state index contributed by atoms with van der Waals surface area (Å²) in [6, 6.07) is 0. The van der Waals surface area contributed by atoms with Crippen molar-refractivity contribution < 1.29 is 20.1 Å². The number of carbonyl (C=O) groups is 1. The average Bonchev–Trinajstić information content (AvgIpc) is 2.76. The number of rotatable bonds is 24. The summed E-state index contributed by atoms with van der Waals surface area (Å²) in [6.45, 7) is 6.43. The quantitative estimate of drug-likeness (QED) is 0.162. The summed E-state index contributed by atoms with van der Waals surface area (Å²) < 4.78 is 0. The predicted octanol–water partition coefficient (Wildman–Crippen LogP) is 4.26. The van der Waals surface area contributed by atoms with Gasteiger partial charge in [0, 0.05) is 32.6 Å². The number of amides is 1. The summed E-state index contributed by atoms with van der Waals surface area (Å²) in [5.74, 6) is 0.964. The van der Waals surface area contributed by atoms with Crippen molar-refractivity contribution in [1.82, 2.24) is 10.2 Å². The summed E-state index contributed by atoms with van der Waals surface area (Å²) >= 11 is 0. The molecule has 6 heteroatoms. The van der Waals surface area contributed by atoms with Crippen LogP contribution in [0.5, 0.6) is 0 Å². The molecule has 192 valence electrons. The fourth-order valence-electron chi connectivity index (χ4n) is 4.02. The van der Waals surface area contributed by atoms with E-state index in [-0.39, 0.29) is 19.1 Å². The largest absolute Gasteiger partial charge is 0.395 e. The van der Waals surface area contributed by atoms with Gasteiger partial charge < -0.3 is 20.6 Å². The van der Waals surface area contributed by atoms with E-state index in [1.165, 1.54) is 70.6 Å². The van der Waals surface area contributed by atoms with Crippen LogP contribution >= 0.6 is 0 Å². The fourth-order valence-corrected chi connectivity index (χ4v) is 4.02. The molecule has 1 unspecified atom stereocenters.